The molecule has 1 rings (SSSR count). The third-order valence-electron chi connectivity index (χ3n) is 4.83. The van der Waals surface area contributed by atoms with E-state index >= 15 is 0 Å². The topological polar surface area (TPSA) is 74.6 Å². The first-order valence-corrected chi connectivity index (χ1v) is 9.42. The van der Waals surface area contributed by atoms with Gasteiger partial charge in [0.1, 0.15) is 6.10 Å². The SMILES string of the molecule is CCCCC(F)(F)C(O)CCC1C(=O)C=CC1CC=CCCCC(=O)O. The minimum atomic E-state index is -3.11. The van der Waals surface area contributed by atoms with Crippen molar-refractivity contribution in [1.29, 1.82) is 0 Å². The van der Waals surface area contributed by atoms with Gasteiger partial charge < -0.3 is 10.2 Å². The van der Waals surface area contributed by atoms with Crippen LogP contribution in [0.5, 0.6) is 0 Å². The van der Waals surface area contributed by atoms with E-state index in [-0.39, 0.29) is 43.3 Å². The molecule has 0 aromatic rings. The molecule has 0 spiro atoms. The summed E-state index contributed by atoms with van der Waals surface area (Å²) in [6.07, 6.45) is 8.18. The molecule has 0 radical (unpaired) electrons. The number of unbranched alkanes of at least 4 members (excludes halogenated alkanes) is 2. The maximum absolute atomic E-state index is 13.8. The van der Waals surface area contributed by atoms with Crippen molar-refractivity contribution in [1.82, 2.24) is 0 Å². The van der Waals surface area contributed by atoms with Crippen molar-refractivity contribution >= 4 is 11.8 Å². The predicted molar refractivity (Wildman–Crippen MR) is 96.1 cm³/mol. The highest BCUT2D eigenvalue weighted by molar-refractivity contribution is 5.94. The molecule has 2 N–H and O–H groups in total. The lowest BCUT2D eigenvalue weighted by molar-refractivity contribution is -0.137. The molecule has 1 aliphatic rings. The molecular weight excluding hydrogens is 342 g/mol. The molecule has 0 aromatic carbocycles. The first-order valence-electron chi connectivity index (χ1n) is 9.42. The number of rotatable bonds is 13. The molecule has 0 aromatic heterocycles. The molecule has 0 saturated carbocycles. The fourth-order valence-corrected chi connectivity index (χ4v) is 3.16. The summed E-state index contributed by atoms with van der Waals surface area (Å²) in [7, 11) is 0. The van der Waals surface area contributed by atoms with Crippen LogP contribution in [0.25, 0.3) is 0 Å². The molecule has 6 heteroatoms. The van der Waals surface area contributed by atoms with E-state index in [4.69, 9.17) is 5.11 Å². The number of carbonyl (C=O) groups is 2. The van der Waals surface area contributed by atoms with Gasteiger partial charge in [0.15, 0.2) is 5.78 Å². The molecule has 0 heterocycles. The minimum Gasteiger partial charge on any atom is -0.481 e. The van der Waals surface area contributed by atoms with Crippen LogP contribution in [0.2, 0.25) is 0 Å². The van der Waals surface area contributed by atoms with Gasteiger partial charge in [-0.25, -0.2) is 8.78 Å². The molecule has 1 aliphatic carbocycles. The fourth-order valence-electron chi connectivity index (χ4n) is 3.16. The van der Waals surface area contributed by atoms with Crippen LogP contribution in [0.4, 0.5) is 8.78 Å². The van der Waals surface area contributed by atoms with Crippen molar-refractivity contribution < 1.29 is 28.6 Å². The first kappa shape index (κ1) is 22.5. The molecule has 0 amide bonds. The molecule has 0 bridgehead atoms. The van der Waals surface area contributed by atoms with Crippen LogP contribution in [0.3, 0.4) is 0 Å². The van der Waals surface area contributed by atoms with Crippen LogP contribution in [0.1, 0.15) is 64.7 Å². The Bertz CT molecular complexity index is 514. The molecule has 26 heavy (non-hydrogen) atoms. The fraction of sp³-hybridized carbons (Fsp3) is 0.700. The van der Waals surface area contributed by atoms with Gasteiger partial charge in [0, 0.05) is 18.8 Å². The number of carboxylic acid groups (broad SMARTS) is 1. The van der Waals surface area contributed by atoms with Crippen molar-refractivity contribution in [2.75, 3.05) is 0 Å². The molecule has 3 atom stereocenters. The number of hydrogen-bond acceptors (Lipinski definition) is 3. The van der Waals surface area contributed by atoms with Gasteiger partial charge >= 0.3 is 5.97 Å². The van der Waals surface area contributed by atoms with E-state index in [1.807, 2.05) is 19.1 Å². The smallest absolute Gasteiger partial charge is 0.303 e. The Morgan fingerprint density at radius 2 is 2.08 bits per heavy atom. The van der Waals surface area contributed by atoms with Crippen LogP contribution in [-0.2, 0) is 9.59 Å². The van der Waals surface area contributed by atoms with E-state index in [2.05, 4.69) is 0 Å². The Kier molecular flexibility index (Phi) is 9.70. The molecular formula is C20H30F2O4. The number of ketones is 1. The molecule has 3 unspecified atom stereocenters. The van der Waals surface area contributed by atoms with Crippen molar-refractivity contribution in [2.45, 2.75) is 76.7 Å². The lowest BCUT2D eigenvalue weighted by atomic mass is 9.86. The summed E-state index contributed by atoms with van der Waals surface area (Å²) in [5.41, 5.74) is 0. The Morgan fingerprint density at radius 1 is 1.35 bits per heavy atom. The number of aliphatic hydroxyl groups is 1. The zero-order chi connectivity index (χ0) is 19.6. The minimum absolute atomic E-state index is 0.0466. The number of carboxylic acids is 1. The number of aliphatic carboxylic acids is 1. The van der Waals surface area contributed by atoms with Crippen molar-refractivity contribution in [3.8, 4) is 0 Å². The highest BCUT2D eigenvalue weighted by Crippen LogP contribution is 2.34. The van der Waals surface area contributed by atoms with Crippen molar-refractivity contribution in [3.63, 3.8) is 0 Å². The van der Waals surface area contributed by atoms with Gasteiger partial charge in [0.2, 0.25) is 0 Å². The largest absolute Gasteiger partial charge is 0.481 e. The van der Waals surface area contributed by atoms with E-state index in [1.165, 1.54) is 6.08 Å². The van der Waals surface area contributed by atoms with Crippen molar-refractivity contribution in [3.05, 3.63) is 24.3 Å². The van der Waals surface area contributed by atoms with E-state index in [9.17, 15) is 23.5 Å². The number of allylic oxidation sites excluding steroid dienone is 4. The summed E-state index contributed by atoms with van der Waals surface area (Å²) in [4.78, 5) is 22.4. The summed E-state index contributed by atoms with van der Waals surface area (Å²) in [6.45, 7) is 1.82. The zero-order valence-electron chi connectivity index (χ0n) is 15.4. The average molecular weight is 372 g/mol. The van der Waals surface area contributed by atoms with Crippen LogP contribution < -0.4 is 0 Å². The molecule has 4 nitrogen and oxygen atoms in total. The van der Waals surface area contributed by atoms with Crippen LogP contribution in [-0.4, -0.2) is 34.0 Å². The van der Waals surface area contributed by atoms with Gasteiger partial charge in [0.05, 0.1) is 0 Å². The Morgan fingerprint density at radius 3 is 2.73 bits per heavy atom. The lowest BCUT2D eigenvalue weighted by Gasteiger charge is -2.24. The second kappa shape index (κ2) is 11.2. The van der Waals surface area contributed by atoms with Gasteiger partial charge in [-0.3, -0.25) is 9.59 Å². The van der Waals surface area contributed by atoms with Gasteiger partial charge in [0.25, 0.3) is 5.92 Å². The number of hydrogen-bond donors (Lipinski definition) is 2. The average Bonchev–Trinajstić information content (AvgIpc) is 2.93. The van der Waals surface area contributed by atoms with E-state index < -0.39 is 18.0 Å². The van der Waals surface area contributed by atoms with E-state index in [0.717, 1.165) is 0 Å². The maximum atomic E-state index is 13.8. The summed E-state index contributed by atoms with van der Waals surface area (Å²) in [5.74, 6) is -4.41. The predicted octanol–water partition coefficient (Wildman–Crippen LogP) is 4.53. The Hall–Kier alpha value is -1.56. The number of carbonyl (C=O) groups excluding carboxylic acids is 1. The van der Waals surface area contributed by atoms with Gasteiger partial charge in [-0.15, -0.1) is 0 Å². The summed E-state index contributed by atoms with van der Waals surface area (Å²) in [6, 6.07) is 0. The Labute approximate surface area is 154 Å². The molecule has 0 aliphatic heterocycles. The first-order chi connectivity index (χ1) is 12.3. The third-order valence-corrected chi connectivity index (χ3v) is 4.83. The van der Waals surface area contributed by atoms with Crippen molar-refractivity contribution in [2.24, 2.45) is 11.8 Å². The second-order valence-electron chi connectivity index (χ2n) is 6.98. The van der Waals surface area contributed by atoms with Gasteiger partial charge in [-0.05, 0) is 50.5 Å². The van der Waals surface area contributed by atoms with Crippen LogP contribution >= 0.6 is 0 Å². The number of aliphatic hydroxyl groups excluding tert-OH is 1. The van der Waals surface area contributed by atoms with E-state index in [0.29, 0.717) is 32.1 Å². The molecule has 0 saturated heterocycles. The number of alkyl halides is 2. The summed E-state index contributed by atoms with van der Waals surface area (Å²) < 4.78 is 27.7. The highest BCUT2D eigenvalue weighted by Gasteiger charge is 2.39. The Balaban J connectivity index is 2.43. The van der Waals surface area contributed by atoms with Gasteiger partial charge in [-0.1, -0.05) is 31.6 Å². The van der Waals surface area contributed by atoms with Crippen LogP contribution in [0.15, 0.2) is 24.3 Å². The summed E-state index contributed by atoms with van der Waals surface area (Å²) in [5, 5.41) is 18.4. The van der Waals surface area contributed by atoms with E-state index in [1.54, 1.807) is 6.08 Å². The highest BCUT2D eigenvalue weighted by atomic mass is 19.3. The molecule has 0 fully saturated rings. The second-order valence-corrected chi connectivity index (χ2v) is 6.98. The quantitative estimate of drug-likeness (QED) is 0.368. The maximum Gasteiger partial charge on any atom is 0.303 e. The lowest BCUT2D eigenvalue weighted by Crippen LogP contribution is -2.34. The van der Waals surface area contributed by atoms with Gasteiger partial charge in [-0.2, -0.15) is 0 Å². The standard InChI is InChI=1S/C20H30F2O4/c1-2-3-14-20(21,22)18(24)13-11-16-15(10-12-17(16)23)8-6-4-5-7-9-19(25)26/h4,6,10,12,15-16,18,24H,2-3,5,7-9,11,13-14H2,1H3,(H,25,26). The normalized spacial score (nSPS) is 21.6. The zero-order valence-corrected chi connectivity index (χ0v) is 15.4. The summed E-state index contributed by atoms with van der Waals surface area (Å²) >= 11 is 0. The monoisotopic (exact) mass is 372 g/mol. The third kappa shape index (κ3) is 7.77. The van der Waals surface area contributed by atoms with Crippen LogP contribution in [0, 0.1) is 11.8 Å². The molecule has 148 valence electrons. The number of halogens is 2.